The minimum atomic E-state index is 0.692. The number of aryl methyl sites for hydroxylation is 1. The van der Waals surface area contributed by atoms with Crippen LogP contribution in [0.2, 0.25) is 0 Å². The molecule has 1 N–H and O–H groups in total. The van der Waals surface area contributed by atoms with Gasteiger partial charge in [-0.3, -0.25) is 0 Å². The smallest absolute Gasteiger partial charge is 0.161 e. The summed E-state index contributed by atoms with van der Waals surface area (Å²) in [7, 11) is 5.12. The lowest BCUT2D eigenvalue weighted by atomic mass is 10.1. The predicted octanol–water partition coefficient (Wildman–Crippen LogP) is 3.07. The van der Waals surface area contributed by atoms with Crippen LogP contribution < -0.4 is 14.8 Å². The van der Waals surface area contributed by atoms with Gasteiger partial charge in [-0.25, -0.2) is 9.97 Å². The number of nitrogens with one attached hydrogen (secondary N) is 1. The Morgan fingerprint density at radius 3 is 2.38 bits per heavy atom. The molecule has 1 heterocycles. The average molecular weight is 287 g/mol. The molecule has 0 amide bonds. The molecule has 5 nitrogen and oxygen atoms in total. The van der Waals surface area contributed by atoms with Crippen molar-refractivity contribution in [1.29, 1.82) is 0 Å². The molecule has 0 saturated carbocycles. The zero-order chi connectivity index (χ0) is 15.4. The molecule has 0 unspecified atom stereocenters. The number of hydrogen-bond acceptors (Lipinski definition) is 5. The van der Waals surface area contributed by atoms with Crippen LogP contribution in [0.5, 0.6) is 11.5 Å². The van der Waals surface area contributed by atoms with Crippen molar-refractivity contribution in [2.24, 2.45) is 0 Å². The van der Waals surface area contributed by atoms with Crippen LogP contribution in [-0.2, 0) is 6.42 Å². The number of rotatable bonds is 5. The number of hydrogen-bond donors (Lipinski definition) is 1. The summed E-state index contributed by atoms with van der Waals surface area (Å²) in [5, 5.41) is 3.12. The topological polar surface area (TPSA) is 56.3 Å². The van der Waals surface area contributed by atoms with Crippen LogP contribution in [0.25, 0.3) is 11.3 Å². The number of anilines is 1. The van der Waals surface area contributed by atoms with Crippen LogP contribution in [0.3, 0.4) is 0 Å². The largest absolute Gasteiger partial charge is 0.493 e. The van der Waals surface area contributed by atoms with Crippen LogP contribution in [0.4, 0.5) is 5.82 Å². The first kappa shape index (κ1) is 15.1. The Morgan fingerprint density at radius 2 is 1.81 bits per heavy atom. The number of benzene rings is 1. The van der Waals surface area contributed by atoms with E-state index in [1.807, 2.05) is 39.1 Å². The highest BCUT2D eigenvalue weighted by molar-refractivity contribution is 5.70. The van der Waals surface area contributed by atoms with Crippen molar-refractivity contribution < 1.29 is 9.47 Å². The number of aromatic nitrogens is 2. The molecule has 2 rings (SSSR count). The molecular weight excluding hydrogens is 266 g/mol. The molecule has 0 bridgehead atoms. The highest BCUT2D eigenvalue weighted by Gasteiger charge is 2.13. The molecule has 0 atom stereocenters. The quantitative estimate of drug-likeness (QED) is 0.916. The number of nitrogens with zero attached hydrogens (tertiary/aromatic N) is 2. The summed E-state index contributed by atoms with van der Waals surface area (Å²) in [6, 6.07) is 5.81. The van der Waals surface area contributed by atoms with Crippen LogP contribution >= 0.6 is 0 Å². The van der Waals surface area contributed by atoms with Crippen molar-refractivity contribution in [1.82, 2.24) is 9.97 Å². The highest BCUT2D eigenvalue weighted by atomic mass is 16.5. The summed E-state index contributed by atoms with van der Waals surface area (Å²) < 4.78 is 10.6. The van der Waals surface area contributed by atoms with E-state index in [4.69, 9.17) is 9.47 Å². The van der Waals surface area contributed by atoms with Gasteiger partial charge in [0, 0.05) is 24.6 Å². The summed E-state index contributed by atoms with van der Waals surface area (Å²) in [5.41, 5.74) is 2.91. The van der Waals surface area contributed by atoms with E-state index in [1.165, 1.54) is 0 Å². The third kappa shape index (κ3) is 2.91. The molecule has 0 fully saturated rings. The molecule has 0 radical (unpaired) electrons. The van der Waals surface area contributed by atoms with Gasteiger partial charge >= 0.3 is 0 Å². The van der Waals surface area contributed by atoms with Gasteiger partial charge in [0.05, 0.1) is 19.9 Å². The van der Waals surface area contributed by atoms with Gasteiger partial charge in [0.2, 0.25) is 0 Å². The van der Waals surface area contributed by atoms with E-state index in [0.29, 0.717) is 11.5 Å². The summed E-state index contributed by atoms with van der Waals surface area (Å²) in [4.78, 5) is 9.15. The van der Waals surface area contributed by atoms with E-state index in [-0.39, 0.29) is 0 Å². The summed E-state index contributed by atoms with van der Waals surface area (Å²) in [5.74, 6) is 3.07. The van der Waals surface area contributed by atoms with E-state index in [2.05, 4.69) is 15.3 Å². The molecule has 0 aliphatic carbocycles. The molecule has 2 aromatic rings. The molecule has 112 valence electrons. The van der Waals surface area contributed by atoms with Gasteiger partial charge in [-0.15, -0.1) is 0 Å². The van der Waals surface area contributed by atoms with E-state index in [9.17, 15) is 0 Å². The van der Waals surface area contributed by atoms with Crippen LogP contribution in [0.15, 0.2) is 18.2 Å². The molecule has 0 spiro atoms. The number of methoxy groups -OCH3 is 2. The van der Waals surface area contributed by atoms with Crippen molar-refractivity contribution in [2.45, 2.75) is 20.3 Å². The van der Waals surface area contributed by atoms with Crippen molar-refractivity contribution in [3.63, 3.8) is 0 Å². The van der Waals surface area contributed by atoms with Crippen molar-refractivity contribution in [3.8, 4) is 22.8 Å². The lowest BCUT2D eigenvalue weighted by Crippen LogP contribution is -2.04. The molecular formula is C16H21N3O2. The van der Waals surface area contributed by atoms with Gasteiger partial charge in [-0.05, 0) is 25.1 Å². The Hall–Kier alpha value is -2.30. The molecule has 5 heteroatoms. The fourth-order valence-electron chi connectivity index (χ4n) is 2.23. The highest BCUT2D eigenvalue weighted by Crippen LogP contribution is 2.33. The Bertz CT molecular complexity index is 642. The maximum absolute atomic E-state index is 5.37. The lowest BCUT2D eigenvalue weighted by molar-refractivity contribution is 0.355. The molecule has 21 heavy (non-hydrogen) atoms. The van der Waals surface area contributed by atoms with Gasteiger partial charge < -0.3 is 14.8 Å². The predicted molar refractivity (Wildman–Crippen MR) is 84.2 cm³/mol. The average Bonchev–Trinajstić information content (AvgIpc) is 2.54. The summed E-state index contributed by atoms with van der Waals surface area (Å²) in [6.07, 6.45) is 0.787. The first-order chi connectivity index (χ1) is 10.1. The second-order valence-electron chi connectivity index (χ2n) is 4.64. The monoisotopic (exact) mass is 287 g/mol. The SMILES string of the molecule is CCc1nc(NC)c(C)c(-c2ccc(OC)c(OC)c2)n1. The maximum Gasteiger partial charge on any atom is 0.161 e. The zero-order valence-electron chi connectivity index (χ0n) is 13.2. The Balaban J connectivity index is 2.60. The van der Waals surface area contributed by atoms with Crippen molar-refractivity contribution in [3.05, 3.63) is 29.6 Å². The lowest BCUT2D eigenvalue weighted by Gasteiger charge is -2.14. The third-order valence-electron chi connectivity index (χ3n) is 3.40. The van der Waals surface area contributed by atoms with E-state index >= 15 is 0 Å². The van der Waals surface area contributed by atoms with E-state index in [0.717, 1.165) is 34.9 Å². The van der Waals surface area contributed by atoms with Crippen molar-refractivity contribution >= 4 is 5.82 Å². The fraction of sp³-hybridized carbons (Fsp3) is 0.375. The second-order valence-corrected chi connectivity index (χ2v) is 4.64. The second kappa shape index (κ2) is 6.43. The molecule has 1 aromatic carbocycles. The van der Waals surface area contributed by atoms with Gasteiger partial charge in [0.15, 0.2) is 11.5 Å². The Morgan fingerprint density at radius 1 is 1.10 bits per heavy atom. The van der Waals surface area contributed by atoms with Gasteiger partial charge in [0.25, 0.3) is 0 Å². The minimum absolute atomic E-state index is 0.692. The van der Waals surface area contributed by atoms with Crippen LogP contribution in [0.1, 0.15) is 18.3 Å². The summed E-state index contributed by atoms with van der Waals surface area (Å²) >= 11 is 0. The normalized spacial score (nSPS) is 10.3. The first-order valence-electron chi connectivity index (χ1n) is 6.92. The van der Waals surface area contributed by atoms with Gasteiger partial charge in [-0.2, -0.15) is 0 Å². The summed E-state index contributed by atoms with van der Waals surface area (Å²) in [6.45, 7) is 4.06. The van der Waals surface area contributed by atoms with Gasteiger partial charge in [-0.1, -0.05) is 6.92 Å². The third-order valence-corrected chi connectivity index (χ3v) is 3.40. The molecule has 0 saturated heterocycles. The fourth-order valence-corrected chi connectivity index (χ4v) is 2.23. The van der Waals surface area contributed by atoms with Crippen molar-refractivity contribution in [2.75, 3.05) is 26.6 Å². The Labute approximate surface area is 125 Å². The molecule has 0 aliphatic rings. The first-order valence-corrected chi connectivity index (χ1v) is 6.92. The zero-order valence-corrected chi connectivity index (χ0v) is 13.2. The van der Waals surface area contributed by atoms with E-state index < -0.39 is 0 Å². The molecule has 0 aliphatic heterocycles. The standard InChI is InChI=1S/C16H21N3O2/c1-6-14-18-15(10(2)16(17-3)19-14)11-7-8-12(20-4)13(9-11)21-5/h7-9H,6H2,1-5H3,(H,17,18,19). The molecule has 1 aromatic heterocycles. The van der Waals surface area contributed by atoms with Crippen LogP contribution in [-0.4, -0.2) is 31.2 Å². The number of ether oxygens (including phenoxy) is 2. The maximum atomic E-state index is 5.37. The minimum Gasteiger partial charge on any atom is -0.493 e. The Kier molecular flexibility index (Phi) is 4.62. The van der Waals surface area contributed by atoms with E-state index in [1.54, 1.807) is 14.2 Å². The van der Waals surface area contributed by atoms with Crippen LogP contribution in [0, 0.1) is 6.92 Å². The van der Waals surface area contributed by atoms with Gasteiger partial charge in [0.1, 0.15) is 11.6 Å².